The van der Waals surface area contributed by atoms with Crippen LogP contribution in [0.4, 0.5) is 0 Å². The first-order chi connectivity index (χ1) is 7.79. The second-order valence-electron chi connectivity index (χ2n) is 3.41. The van der Waals surface area contributed by atoms with Gasteiger partial charge in [-0.05, 0) is 30.7 Å². The van der Waals surface area contributed by atoms with Gasteiger partial charge in [-0.3, -0.25) is 4.79 Å². The third-order valence-electron chi connectivity index (χ3n) is 2.22. The first kappa shape index (κ1) is 10.9. The average Bonchev–Trinajstić information content (AvgIpc) is 2.31. The Labute approximate surface area is 98.7 Å². The van der Waals surface area contributed by atoms with Crippen molar-refractivity contribution in [2.24, 2.45) is 0 Å². The number of aryl methyl sites for hydroxylation is 1. The number of carbonyl (C=O) groups excluding carboxylic acids is 1. The molecule has 0 aliphatic carbocycles. The Morgan fingerprint density at radius 2 is 2.00 bits per heavy atom. The van der Waals surface area contributed by atoms with Crippen LogP contribution in [0.3, 0.4) is 0 Å². The number of pyridine rings is 1. The summed E-state index contributed by atoms with van der Waals surface area (Å²) in [7, 11) is 0. The zero-order valence-electron chi connectivity index (χ0n) is 8.88. The predicted octanol–water partition coefficient (Wildman–Crippen LogP) is 3.35. The van der Waals surface area contributed by atoms with Gasteiger partial charge in [-0.1, -0.05) is 30.0 Å². The highest BCUT2D eigenvalue weighted by Gasteiger charge is 2.02. The van der Waals surface area contributed by atoms with E-state index in [-0.39, 0.29) is 0 Å². The molecule has 0 aliphatic rings. The van der Waals surface area contributed by atoms with E-state index in [1.165, 1.54) is 0 Å². The van der Waals surface area contributed by atoms with Gasteiger partial charge >= 0.3 is 0 Å². The molecule has 0 amide bonds. The third-order valence-corrected chi connectivity index (χ3v) is 3.16. The first-order valence-corrected chi connectivity index (χ1v) is 5.76. The van der Waals surface area contributed by atoms with Crippen molar-refractivity contribution in [3.05, 3.63) is 53.7 Å². The minimum atomic E-state index is 0.650. The van der Waals surface area contributed by atoms with Crippen molar-refractivity contribution in [3.63, 3.8) is 0 Å². The summed E-state index contributed by atoms with van der Waals surface area (Å²) in [6, 6.07) is 12.0. The highest BCUT2D eigenvalue weighted by Crippen LogP contribution is 2.26. The lowest BCUT2D eigenvalue weighted by Crippen LogP contribution is -1.89. The van der Waals surface area contributed by atoms with Crippen molar-refractivity contribution in [1.29, 1.82) is 0 Å². The molecule has 0 unspecified atom stereocenters. The van der Waals surface area contributed by atoms with Gasteiger partial charge in [0.25, 0.3) is 0 Å². The number of carbonyl (C=O) groups is 1. The van der Waals surface area contributed by atoms with Gasteiger partial charge in [-0.15, -0.1) is 0 Å². The quantitative estimate of drug-likeness (QED) is 0.756. The van der Waals surface area contributed by atoms with E-state index in [9.17, 15) is 4.79 Å². The van der Waals surface area contributed by atoms with Gasteiger partial charge in [0.1, 0.15) is 5.03 Å². The van der Waals surface area contributed by atoms with Crippen LogP contribution >= 0.6 is 11.8 Å². The molecular formula is C13H11NOS. The van der Waals surface area contributed by atoms with Crippen molar-refractivity contribution in [1.82, 2.24) is 4.98 Å². The average molecular weight is 229 g/mol. The Kier molecular flexibility index (Phi) is 3.37. The van der Waals surface area contributed by atoms with Gasteiger partial charge in [-0.25, -0.2) is 4.98 Å². The standard InChI is InChI=1S/C13H11NOS/c1-10-7-13(14-8-11(10)9-15)16-12-5-3-2-4-6-12/h2-9H,1H3. The number of hydrogen-bond acceptors (Lipinski definition) is 3. The molecule has 3 heteroatoms. The molecule has 0 aliphatic heterocycles. The van der Waals surface area contributed by atoms with E-state index in [0.29, 0.717) is 5.56 Å². The number of aromatic nitrogens is 1. The normalized spacial score (nSPS) is 10.1. The molecule has 2 nitrogen and oxygen atoms in total. The zero-order valence-corrected chi connectivity index (χ0v) is 9.70. The molecule has 1 aromatic carbocycles. The molecule has 0 atom stereocenters. The van der Waals surface area contributed by atoms with Crippen LogP contribution in [0, 0.1) is 6.92 Å². The van der Waals surface area contributed by atoms with Crippen LogP contribution < -0.4 is 0 Å². The maximum atomic E-state index is 10.7. The highest BCUT2D eigenvalue weighted by atomic mass is 32.2. The third kappa shape index (κ3) is 2.49. The summed E-state index contributed by atoms with van der Waals surface area (Å²) in [5.74, 6) is 0. The maximum Gasteiger partial charge on any atom is 0.151 e. The Morgan fingerprint density at radius 1 is 1.25 bits per heavy atom. The van der Waals surface area contributed by atoms with Crippen molar-refractivity contribution in [2.75, 3.05) is 0 Å². The lowest BCUT2D eigenvalue weighted by atomic mass is 10.2. The molecule has 1 heterocycles. The van der Waals surface area contributed by atoms with Gasteiger partial charge in [-0.2, -0.15) is 0 Å². The summed E-state index contributed by atoms with van der Waals surface area (Å²) in [6.45, 7) is 1.92. The lowest BCUT2D eigenvalue weighted by Gasteiger charge is -2.03. The van der Waals surface area contributed by atoms with Crippen LogP contribution in [0.2, 0.25) is 0 Å². The Balaban J connectivity index is 2.23. The number of rotatable bonds is 3. The van der Waals surface area contributed by atoms with Crippen LogP contribution in [-0.4, -0.2) is 11.3 Å². The summed E-state index contributed by atoms with van der Waals surface area (Å²) in [4.78, 5) is 16.0. The van der Waals surface area contributed by atoms with E-state index >= 15 is 0 Å². The summed E-state index contributed by atoms with van der Waals surface area (Å²) in [5.41, 5.74) is 1.61. The molecule has 0 N–H and O–H groups in total. The van der Waals surface area contributed by atoms with Crippen molar-refractivity contribution in [2.45, 2.75) is 16.8 Å². The van der Waals surface area contributed by atoms with Gasteiger partial charge in [0.15, 0.2) is 6.29 Å². The van der Waals surface area contributed by atoms with Gasteiger partial charge < -0.3 is 0 Å². The fourth-order valence-corrected chi connectivity index (χ4v) is 2.21. The second-order valence-corrected chi connectivity index (χ2v) is 4.51. The first-order valence-electron chi connectivity index (χ1n) is 4.94. The number of aldehydes is 1. The molecular weight excluding hydrogens is 218 g/mol. The summed E-state index contributed by atoms with van der Waals surface area (Å²) in [5, 5.41) is 0.911. The topological polar surface area (TPSA) is 30.0 Å². The zero-order chi connectivity index (χ0) is 11.4. The van der Waals surface area contributed by atoms with E-state index < -0.39 is 0 Å². The molecule has 0 spiro atoms. The maximum absolute atomic E-state index is 10.7. The molecule has 0 saturated heterocycles. The number of nitrogens with zero attached hydrogens (tertiary/aromatic N) is 1. The molecule has 2 aromatic rings. The van der Waals surface area contributed by atoms with Gasteiger partial charge in [0.05, 0.1) is 0 Å². The van der Waals surface area contributed by atoms with Crippen LogP contribution in [0.5, 0.6) is 0 Å². The SMILES string of the molecule is Cc1cc(Sc2ccccc2)ncc1C=O. The number of hydrogen-bond donors (Lipinski definition) is 0. The molecule has 16 heavy (non-hydrogen) atoms. The monoisotopic (exact) mass is 229 g/mol. The Morgan fingerprint density at radius 3 is 2.62 bits per heavy atom. The van der Waals surface area contributed by atoms with E-state index in [4.69, 9.17) is 0 Å². The minimum Gasteiger partial charge on any atom is -0.298 e. The fraction of sp³-hybridized carbons (Fsp3) is 0.0769. The summed E-state index contributed by atoms with van der Waals surface area (Å²) < 4.78 is 0. The van der Waals surface area contributed by atoms with Crippen LogP contribution in [0.15, 0.2) is 52.5 Å². The molecule has 0 radical (unpaired) electrons. The molecule has 0 fully saturated rings. The molecule has 2 rings (SSSR count). The predicted molar refractivity (Wildman–Crippen MR) is 64.9 cm³/mol. The summed E-state index contributed by atoms with van der Waals surface area (Å²) in [6.07, 6.45) is 2.45. The van der Waals surface area contributed by atoms with Crippen LogP contribution in [0.25, 0.3) is 0 Å². The largest absolute Gasteiger partial charge is 0.298 e. The molecule has 0 bridgehead atoms. The van der Waals surface area contributed by atoms with Crippen LogP contribution in [-0.2, 0) is 0 Å². The smallest absolute Gasteiger partial charge is 0.151 e. The number of benzene rings is 1. The van der Waals surface area contributed by atoms with Crippen molar-refractivity contribution in [3.8, 4) is 0 Å². The Hall–Kier alpha value is -1.61. The van der Waals surface area contributed by atoms with Crippen molar-refractivity contribution < 1.29 is 4.79 Å². The van der Waals surface area contributed by atoms with E-state index in [2.05, 4.69) is 4.98 Å². The minimum absolute atomic E-state index is 0.650. The Bertz CT molecular complexity index is 497. The molecule has 0 saturated carbocycles. The van der Waals surface area contributed by atoms with E-state index in [1.807, 2.05) is 43.3 Å². The lowest BCUT2D eigenvalue weighted by molar-refractivity contribution is 0.112. The summed E-state index contributed by atoms with van der Waals surface area (Å²) >= 11 is 1.59. The van der Waals surface area contributed by atoms with Crippen LogP contribution in [0.1, 0.15) is 15.9 Å². The van der Waals surface area contributed by atoms with Gasteiger partial charge in [0, 0.05) is 16.7 Å². The fourth-order valence-electron chi connectivity index (χ4n) is 1.33. The van der Waals surface area contributed by atoms with Crippen molar-refractivity contribution >= 4 is 18.0 Å². The molecule has 1 aromatic heterocycles. The van der Waals surface area contributed by atoms with E-state index in [0.717, 1.165) is 21.8 Å². The second kappa shape index (κ2) is 4.94. The highest BCUT2D eigenvalue weighted by molar-refractivity contribution is 7.99. The van der Waals surface area contributed by atoms with Gasteiger partial charge in [0.2, 0.25) is 0 Å². The molecule has 80 valence electrons. The van der Waals surface area contributed by atoms with E-state index in [1.54, 1.807) is 18.0 Å².